The fourth-order valence-corrected chi connectivity index (χ4v) is 4.40. The number of carbonyl (C=O) groups excluding carboxylic acids is 1. The maximum Gasteiger partial charge on any atom is 0.419 e. The van der Waals surface area contributed by atoms with Crippen LogP contribution in [0.2, 0.25) is 0 Å². The number of rotatable bonds is 3. The fraction of sp³-hybridized carbons (Fsp3) is 0.294. The summed E-state index contributed by atoms with van der Waals surface area (Å²) in [4.78, 5) is 19.0. The van der Waals surface area contributed by atoms with Crippen LogP contribution in [0.25, 0.3) is 0 Å². The maximum absolute atomic E-state index is 14.5. The third kappa shape index (κ3) is 4.42. The van der Waals surface area contributed by atoms with Crippen LogP contribution in [0.15, 0.2) is 30.6 Å². The molecule has 1 saturated heterocycles. The molecule has 3 N–H and O–H groups in total. The number of benzene rings is 1. The van der Waals surface area contributed by atoms with E-state index in [1.165, 1.54) is 26.1 Å². The van der Waals surface area contributed by atoms with Gasteiger partial charge in [-0.2, -0.15) is 13.2 Å². The van der Waals surface area contributed by atoms with Crippen LogP contribution in [0.3, 0.4) is 0 Å². The Kier molecular flexibility index (Phi) is 5.38. The largest absolute Gasteiger partial charge is 0.419 e. The van der Waals surface area contributed by atoms with E-state index in [1.54, 1.807) is 0 Å². The normalized spacial score (nSPS) is 20.8. The molecule has 14 heteroatoms. The molecule has 2 aromatic rings. The lowest BCUT2D eigenvalue weighted by Gasteiger charge is -2.40. The molecule has 166 valence electrons. The summed E-state index contributed by atoms with van der Waals surface area (Å²) in [5.74, 6) is -3.30. The second-order valence-electron chi connectivity index (χ2n) is 6.97. The van der Waals surface area contributed by atoms with E-state index in [0.717, 1.165) is 10.4 Å². The Morgan fingerprint density at radius 1 is 1.29 bits per heavy atom. The van der Waals surface area contributed by atoms with Crippen LogP contribution in [0, 0.1) is 11.2 Å². The molecular formula is C17H16F4N6O3S. The first-order valence-corrected chi connectivity index (χ1v) is 10.2. The van der Waals surface area contributed by atoms with Gasteiger partial charge in [-0.1, -0.05) is 0 Å². The van der Waals surface area contributed by atoms with Gasteiger partial charge in [0.05, 0.1) is 16.9 Å². The minimum Gasteiger partial charge on any atom is -0.345 e. The van der Waals surface area contributed by atoms with Crippen molar-refractivity contribution in [1.82, 2.24) is 19.6 Å². The van der Waals surface area contributed by atoms with Crippen molar-refractivity contribution >= 4 is 27.6 Å². The molecule has 1 aliphatic heterocycles. The predicted molar refractivity (Wildman–Crippen MR) is 101 cm³/mol. The number of hydrogen-bond donors (Lipinski definition) is 3. The maximum atomic E-state index is 14.5. The van der Waals surface area contributed by atoms with Crippen molar-refractivity contribution in [1.29, 1.82) is 5.41 Å². The van der Waals surface area contributed by atoms with Gasteiger partial charge >= 0.3 is 6.18 Å². The molecule has 0 spiro atoms. The van der Waals surface area contributed by atoms with Crippen LogP contribution in [0.5, 0.6) is 0 Å². The second kappa shape index (κ2) is 7.44. The van der Waals surface area contributed by atoms with Crippen LogP contribution < -0.4 is 10.6 Å². The van der Waals surface area contributed by atoms with Gasteiger partial charge in [-0.25, -0.2) is 27.1 Å². The second-order valence-corrected chi connectivity index (χ2v) is 8.97. The van der Waals surface area contributed by atoms with Crippen LogP contribution in [-0.4, -0.2) is 47.4 Å². The van der Waals surface area contributed by atoms with Crippen LogP contribution >= 0.6 is 0 Å². The molecule has 1 aromatic carbocycles. The number of aromatic nitrogens is 2. The summed E-state index contributed by atoms with van der Waals surface area (Å²) in [5.41, 5.74) is -2.76. The van der Waals surface area contributed by atoms with Gasteiger partial charge in [-0.05, 0) is 25.1 Å². The molecule has 0 bridgehead atoms. The topological polar surface area (TPSA) is 128 Å². The summed E-state index contributed by atoms with van der Waals surface area (Å²) in [7, 11) is -2.72. The Labute approximate surface area is 174 Å². The van der Waals surface area contributed by atoms with Gasteiger partial charge in [0.1, 0.15) is 5.82 Å². The summed E-state index contributed by atoms with van der Waals surface area (Å²) in [6, 6.07) is 3.33. The Morgan fingerprint density at radius 3 is 2.45 bits per heavy atom. The van der Waals surface area contributed by atoms with Gasteiger partial charge in [-0.3, -0.25) is 10.2 Å². The van der Waals surface area contributed by atoms with E-state index < -0.39 is 56.6 Å². The summed E-state index contributed by atoms with van der Waals surface area (Å²) in [6.07, 6.45) is -3.75. The molecule has 9 nitrogen and oxygen atoms in total. The van der Waals surface area contributed by atoms with Crippen molar-refractivity contribution in [2.24, 2.45) is 0 Å². The molecule has 0 saturated carbocycles. The molecule has 1 aliphatic rings. The molecule has 0 aliphatic carbocycles. The highest BCUT2D eigenvalue weighted by atomic mass is 32.2. The van der Waals surface area contributed by atoms with E-state index in [4.69, 9.17) is 5.41 Å². The highest BCUT2D eigenvalue weighted by molar-refractivity contribution is 7.89. The van der Waals surface area contributed by atoms with Crippen molar-refractivity contribution in [2.75, 3.05) is 18.1 Å². The molecule has 31 heavy (non-hydrogen) atoms. The zero-order valence-electron chi connectivity index (χ0n) is 16.1. The van der Waals surface area contributed by atoms with E-state index in [1.807, 2.05) is 0 Å². The van der Waals surface area contributed by atoms with Crippen molar-refractivity contribution in [3.05, 3.63) is 53.4 Å². The average molecular weight is 460 g/mol. The minimum atomic E-state index is -4.66. The number of hydrogen-bond acceptors (Lipinski definition) is 6. The van der Waals surface area contributed by atoms with E-state index in [-0.39, 0.29) is 11.3 Å². The Morgan fingerprint density at radius 2 is 1.90 bits per heavy atom. The Balaban J connectivity index is 1.88. The lowest BCUT2D eigenvalue weighted by atomic mass is 9.93. The molecule has 1 atom stereocenters. The summed E-state index contributed by atoms with van der Waals surface area (Å²) >= 11 is 0. The number of guanidine groups is 1. The molecule has 1 amide bonds. The number of anilines is 1. The summed E-state index contributed by atoms with van der Waals surface area (Å²) in [5, 5.41) is 12.8. The molecule has 2 heterocycles. The lowest BCUT2D eigenvalue weighted by Crippen LogP contribution is -2.61. The number of carbonyl (C=O) groups is 1. The first kappa shape index (κ1) is 22.4. The predicted octanol–water partition coefficient (Wildman–Crippen LogP) is 1.90. The number of amides is 1. The first-order valence-electron chi connectivity index (χ1n) is 8.57. The minimum absolute atomic E-state index is 0.0239. The summed E-state index contributed by atoms with van der Waals surface area (Å²) < 4.78 is 77.6. The standard InChI is InChI=1S/C17H16F4N6O3S/c1-16(8-31(29,30)27(2)15(22)26-16)11-5-10(3-4-12(11)18)25-14(28)13-23-6-9(7-24-13)17(19,20)21/h3-7H,8H2,1-2H3,(H2,22,26)(H,25,28)/t16-/m0/s1. The quantitative estimate of drug-likeness (QED) is 0.601. The van der Waals surface area contributed by atoms with Gasteiger partial charge < -0.3 is 10.6 Å². The van der Waals surface area contributed by atoms with E-state index in [9.17, 15) is 30.8 Å². The van der Waals surface area contributed by atoms with Gasteiger partial charge in [0.25, 0.3) is 5.91 Å². The smallest absolute Gasteiger partial charge is 0.345 e. The SMILES string of the molecule is CN1C(=N)N[C@](C)(c2cc(NC(=O)c3ncc(C(F)(F)F)cn3)ccc2F)CS1(=O)=O. The number of sulfonamides is 1. The molecule has 1 aromatic heterocycles. The number of halogens is 4. The first-order chi connectivity index (χ1) is 14.2. The van der Waals surface area contributed by atoms with E-state index in [2.05, 4.69) is 20.6 Å². The Bertz CT molecular complexity index is 1150. The number of alkyl halides is 3. The van der Waals surface area contributed by atoms with Crippen molar-refractivity contribution < 1.29 is 30.8 Å². The van der Waals surface area contributed by atoms with E-state index in [0.29, 0.717) is 12.4 Å². The number of nitrogens with one attached hydrogen (secondary N) is 3. The van der Waals surface area contributed by atoms with Crippen molar-refractivity contribution in [3.8, 4) is 0 Å². The van der Waals surface area contributed by atoms with E-state index >= 15 is 0 Å². The summed E-state index contributed by atoms with van der Waals surface area (Å²) in [6.45, 7) is 1.38. The Hall–Kier alpha value is -3.29. The van der Waals surface area contributed by atoms with Crippen LogP contribution in [0.4, 0.5) is 23.2 Å². The molecule has 0 unspecified atom stereocenters. The molecule has 3 rings (SSSR count). The zero-order valence-corrected chi connectivity index (χ0v) is 16.9. The van der Waals surface area contributed by atoms with Crippen molar-refractivity contribution in [2.45, 2.75) is 18.6 Å². The van der Waals surface area contributed by atoms with Gasteiger partial charge in [0.15, 0.2) is 0 Å². The highest BCUT2D eigenvalue weighted by Crippen LogP contribution is 2.32. The van der Waals surface area contributed by atoms with Gasteiger partial charge in [0.2, 0.25) is 21.8 Å². The molecule has 0 radical (unpaired) electrons. The third-order valence-electron chi connectivity index (χ3n) is 4.60. The van der Waals surface area contributed by atoms with Crippen LogP contribution in [0.1, 0.15) is 28.7 Å². The average Bonchev–Trinajstić information content (AvgIpc) is 2.66. The number of nitrogens with zero attached hydrogens (tertiary/aromatic N) is 3. The van der Waals surface area contributed by atoms with Crippen LogP contribution in [-0.2, 0) is 21.7 Å². The monoisotopic (exact) mass is 460 g/mol. The highest BCUT2D eigenvalue weighted by Gasteiger charge is 2.43. The van der Waals surface area contributed by atoms with Gasteiger partial charge in [0, 0.05) is 30.7 Å². The fourth-order valence-electron chi connectivity index (χ4n) is 2.93. The lowest BCUT2D eigenvalue weighted by molar-refractivity contribution is -0.138. The molecule has 1 fully saturated rings. The third-order valence-corrected chi connectivity index (χ3v) is 6.56. The zero-order chi connectivity index (χ0) is 23.2. The van der Waals surface area contributed by atoms with Gasteiger partial charge in [-0.15, -0.1) is 0 Å². The molecular weight excluding hydrogens is 444 g/mol. The van der Waals surface area contributed by atoms with Crippen molar-refractivity contribution in [3.63, 3.8) is 0 Å².